The fraction of sp³-hybridized carbons (Fsp3) is 0.800. The lowest BCUT2D eigenvalue weighted by molar-refractivity contribution is 0.358. The van der Waals surface area contributed by atoms with Gasteiger partial charge in [0, 0.05) is 12.1 Å². The average molecular weight is 345 g/mol. The Bertz CT molecular complexity index is 406. The molecule has 0 aliphatic rings. The predicted octanol–water partition coefficient (Wildman–Crippen LogP) is 2.77. The number of nitrogens with zero attached hydrogens (tertiary/aromatic N) is 3. The lowest BCUT2D eigenvalue weighted by Crippen LogP contribution is -2.39. The van der Waals surface area contributed by atoms with Crippen molar-refractivity contribution in [2.45, 2.75) is 46.2 Å². The molecule has 1 heterocycles. The maximum absolute atomic E-state index is 4.47. The van der Waals surface area contributed by atoms with Crippen LogP contribution in [-0.4, -0.2) is 47.4 Å². The molecule has 0 aromatic carbocycles. The average Bonchev–Trinajstić information content (AvgIpc) is 2.65. The number of rotatable bonds is 7. The molecule has 0 saturated carbocycles. The first kappa shape index (κ1) is 17.7. The van der Waals surface area contributed by atoms with E-state index in [9.17, 15) is 0 Å². The van der Waals surface area contributed by atoms with E-state index in [1.807, 2.05) is 6.20 Å². The van der Waals surface area contributed by atoms with Gasteiger partial charge in [-0.25, -0.2) is 0 Å². The van der Waals surface area contributed by atoms with Crippen LogP contribution in [0.25, 0.3) is 0 Å². The van der Waals surface area contributed by atoms with Crippen LogP contribution in [0.2, 0.25) is 0 Å². The molecule has 0 spiro atoms. The molecule has 0 bridgehead atoms. The number of nitrogens with one attached hydrogen (secondary N) is 1. The first-order valence-corrected chi connectivity index (χ1v) is 8.08. The van der Waals surface area contributed by atoms with E-state index in [0.717, 1.165) is 30.5 Å². The Morgan fingerprint density at radius 1 is 1.40 bits per heavy atom. The van der Waals surface area contributed by atoms with Gasteiger partial charge in [0.15, 0.2) is 0 Å². The van der Waals surface area contributed by atoms with Crippen LogP contribution < -0.4 is 5.32 Å². The zero-order chi connectivity index (χ0) is 15.3. The molecule has 0 aliphatic carbocycles. The third-order valence-corrected chi connectivity index (χ3v) is 3.84. The molecule has 4 nitrogen and oxygen atoms in total. The van der Waals surface area contributed by atoms with E-state index < -0.39 is 0 Å². The summed E-state index contributed by atoms with van der Waals surface area (Å²) in [6.07, 6.45) is 2.95. The minimum atomic E-state index is 0.177. The summed E-state index contributed by atoms with van der Waals surface area (Å²) in [7, 11) is 4.18. The topological polar surface area (TPSA) is 33.1 Å². The Hall–Kier alpha value is -0.390. The predicted molar refractivity (Wildman–Crippen MR) is 89.1 cm³/mol. The summed E-state index contributed by atoms with van der Waals surface area (Å²) in [4.78, 5) is 2.18. The van der Waals surface area contributed by atoms with Crippen LogP contribution in [0.1, 0.15) is 33.4 Å². The van der Waals surface area contributed by atoms with Gasteiger partial charge in [-0.15, -0.1) is 0 Å². The molecule has 0 aliphatic heterocycles. The van der Waals surface area contributed by atoms with Crippen LogP contribution in [-0.2, 0) is 13.0 Å². The van der Waals surface area contributed by atoms with Crippen LogP contribution in [0.4, 0.5) is 0 Å². The molecule has 1 rings (SSSR count). The van der Waals surface area contributed by atoms with E-state index in [1.165, 1.54) is 5.69 Å². The van der Waals surface area contributed by atoms with Gasteiger partial charge in [-0.05, 0) is 69.7 Å². The van der Waals surface area contributed by atoms with Gasteiger partial charge in [0.25, 0.3) is 0 Å². The Balaban J connectivity index is 2.59. The molecular formula is C15H29BrN4. The number of likely N-dealkylation sites (N-methyl/N-ethyl adjacent to an activating group) is 1. The van der Waals surface area contributed by atoms with E-state index in [2.05, 4.69) is 77.7 Å². The standard InChI is InChI=1S/C15H29BrN4/c1-12(10-17-15(2,3)4)9-14-13(16)11-18-20(14)8-7-19(5)6/h11-12,17H,7-10H2,1-6H3. The SMILES string of the molecule is CC(CNC(C)(C)C)Cc1c(Br)cnn1CCN(C)C. The second-order valence-electron chi connectivity index (χ2n) is 6.91. The van der Waals surface area contributed by atoms with Gasteiger partial charge in [-0.1, -0.05) is 6.92 Å². The summed E-state index contributed by atoms with van der Waals surface area (Å²) in [5.74, 6) is 0.584. The van der Waals surface area contributed by atoms with Crippen molar-refractivity contribution in [2.75, 3.05) is 27.2 Å². The fourth-order valence-electron chi connectivity index (χ4n) is 1.96. The summed E-state index contributed by atoms with van der Waals surface area (Å²) >= 11 is 3.63. The number of hydrogen-bond acceptors (Lipinski definition) is 3. The second-order valence-corrected chi connectivity index (χ2v) is 7.76. The first-order chi connectivity index (χ1) is 9.19. The molecule has 116 valence electrons. The largest absolute Gasteiger partial charge is 0.312 e. The van der Waals surface area contributed by atoms with Crippen molar-refractivity contribution in [2.24, 2.45) is 5.92 Å². The zero-order valence-corrected chi connectivity index (χ0v) is 15.3. The number of hydrogen-bond donors (Lipinski definition) is 1. The molecule has 0 radical (unpaired) electrons. The minimum absolute atomic E-state index is 0.177. The van der Waals surface area contributed by atoms with Crippen LogP contribution in [0, 0.1) is 5.92 Å². The smallest absolute Gasteiger partial charge is 0.0635 e. The van der Waals surface area contributed by atoms with Crippen LogP contribution in [0.5, 0.6) is 0 Å². The van der Waals surface area contributed by atoms with Crippen molar-refractivity contribution in [3.05, 3.63) is 16.4 Å². The summed E-state index contributed by atoms with van der Waals surface area (Å²) in [5, 5.41) is 8.04. The highest BCUT2D eigenvalue weighted by Crippen LogP contribution is 2.20. The van der Waals surface area contributed by atoms with Crippen molar-refractivity contribution in [3.63, 3.8) is 0 Å². The van der Waals surface area contributed by atoms with Crippen LogP contribution in [0.15, 0.2) is 10.7 Å². The Morgan fingerprint density at radius 2 is 2.05 bits per heavy atom. The molecule has 1 aromatic heterocycles. The van der Waals surface area contributed by atoms with Crippen LogP contribution in [0.3, 0.4) is 0 Å². The van der Waals surface area contributed by atoms with Gasteiger partial charge in [-0.3, -0.25) is 4.68 Å². The fourth-order valence-corrected chi connectivity index (χ4v) is 2.42. The molecule has 0 saturated heterocycles. The summed E-state index contributed by atoms with van der Waals surface area (Å²) in [6, 6.07) is 0. The Labute approximate surface area is 132 Å². The van der Waals surface area contributed by atoms with Gasteiger partial charge >= 0.3 is 0 Å². The van der Waals surface area contributed by atoms with Crippen molar-refractivity contribution >= 4 is 15.9 Å². The first-order valence-electron chi connectivity index (χ1n) is 7.29. The summed E-state index contributed by atoms with van der Waals surface area (Å²) in [5.41, 5.74) is 1.48. The minimum Gasteiger partial charge on any atom is -0.312 e. The molecule has 0 fully saturated rings. The molecule has 0 amide bonds. The quantitative estimate of drug-likeness (QED) is 0.825. The van der Waals surface area contributed by atoms with Gasteiger partial charge in [-0.2, -0.15) is 5.10 Å². The highest BCUT2D eigenvalue weighted by molar-refractivity contribution is 9.10. The van der Waals surface area contributed by atoms with Crippen molar-refractivity contribution in [3.8, 4) is 0 Å². The lowest BCUT2D eigenvalue weighted by Gasteiger charge is -2.23. The van der Waals surface area contributed by atoms with E-state index in [0.29, 0.717) is 5.92 Å². The van der Waals surface area contributed by atoms with Crippen molar-refractivity contribution < 1.29 is 0 Å². The third kappa shape index (κ3) is 6.37. The number of aromatic nitrogens is 2. The molecule has 1 N–H and O–H groups in total. The van der Waals surface area contributed by atoms with Crippen molar-refractivity contribution in [1.29, 1.82) is 0 Å². The van der Waals surface area contributed by atoms with E-state index in [-0.39, 0.29) is 5.54 Å². The van der Waals surface area contributed by atoms with Gasteiger partial charge in [0.1, 0.15) is 0 Å². The molecule has 5 heteroatoms. The third-order valence-electron chi connectivity index (χ3n) is 3.18. The van der Waals surface area contributed by atoms with E-state index >= 15 is 0 Å². The molecular weight excluding hydrogens is 316 g/mol. The zero-order valence-electron chi connectivity index (χ0n) is 13.7. The maximum Gasteiger partial charge on any atom is 0.0635 e. The normalized spacial score (nSPS) is 14.0. The summed E-state index contributed by atoms with van der Waals surface area (Å²) < 4.78 is 3.25. The van der Waals surface area contributed by atoms with Crippen molar-refractivity contribution in [1.82, 2.24) is 20.0 Å². The molecule has 1 atom stereocenters. The van der Waals surface area contributed by atoms with Gasteiger partial charge in [0.05, 0.1) is 22.9 Å². The van der Waals surface area contributed by atoms with Crippen LogP contribution >= 0.6 is 15.9 Å². The second kappa shape index (κ2) is 7.57. The highest BCUT2D eigenvalue weighted by Gasteiger charge is 2.15. The lowest BCUT2D eigenvalue weighted by atomic mass is 10.0. The van der Waals surface area contributed by atoms with E-state index in [4.69, 9.17) is 0 Å². The Morgan fingerprint density at radius 3 is 2.60 bits per heavy atom. The molecule has 1 unspecified atom stereocenters. The van der Waals surface area contributed by atoms with E-state index in [1.54, 1.807) is 0 Å². The van der Waals surface area contributed by atoms with Gasteiger partial charge in [0.2, 0.25) is 0 Å². The monoisotopic (exact) mass is 344 g/mol. The highest BCUT2D eigenvalue weighted by atomic mass is 79.9. The summed E-state index contributed by atoms with van der Waals surface area (Å²) in [6.45, 7) is 11.9. The Kier molecular flexibility index (Phi) is 6.69. The molecule has 20 heavy (non-hydrogen) atoms. The number of halogens is 1. The maximum atomic E-state index is 4.47. The van der Waals surface area contributed by atoms with Gasteiger partial charge < -0.3 is 10.2 Å². The molecule has 1 aromatic rings.